The highest BCUT2D eigenvalue weighted by atomic mass is 15.2. The van der Waals surface area contributed by atoms with Crippen molar-refractivity contribution in [3.8, 4) is 0 Å². The number of nitrogens with one attached hydrogen (secondary N) is 1. The molecule has 0 aromatic rings. The summed E-state index contributed by atoms with van der Waals surface area (Å²) in [5, 5.41) is 3.67. The van der Waals surface area contributed by atoms with Gasteiger partial charge in [-0.2, -0.15) is 0 Å². The minimum atomic E-state index is 0.656. The lowest BCUT2D eigenvalue weighted by molar-refractivity contribution is 0.0762. The molecule has 0 radical (unpaired) electrons. The number of unbranched alkanes of at least 4 members (excludes halogenated alkanes) is 1. The van der Waals surface area contributed by atoms with Crippen molar-refractivity contribution >= 4 is 0 Å². The smallest absolute Gasteiger partial charge is 0.0246 e. The Morgan fingerprint density at radius 2 is 1.95 bits per heavy atom. The molecule has 0 aliphatic carbocycles. The van der Waals surface area contributed by atoms with E-state index in [1.807, 2.05) is 0 Å². The van der Waals surface area contributed by atoms with Crippen molar-refractivity contribution in [3.05, 3.63) is 0 Å². The first-order chi connectivity index (χ1) is 9.12. The van der Waals surface area contributed by atoms with Crippen molar-refractivity contribution in [2.45, 2.75) is 78.8 Å². The van der Waals surface area contributed by atoms with Crippen LogP contribution in [-0.4, -0.2) is 36.6 Å². The molecule has 114 valence electrons. The summed E-state index contributed by atoms with van der Waals surface area (Å²) >= 11 is 0. The summed E-state index contributed by atoms with van der Waals surface area (Å²) in [7, 11) is 0. The molecule has 1 heterocycles. The monoisotopic (exact) mass is 268 g/mol. The summed E-state index contributed by atoms with van der Waals surface area (Å²) in [6.07, 6.45) is 6.78. The highest BCUT2D eigenvalue weighted by molar-refractivity contribution is 4.87. The Balaban J connectivity index is 2.57. The topological polar surface area (TPSA) is 15.3 Å². The third-order valence-electron chi connectivity index (χ3n) is 4.99. The molecule has 0 bridgehead atoms. The number of hydrogen-bond donors (Lipinski definition) is 1. The van der Waals surface area contributed by atoms with Gasteiger partial charge in [0, 0.05) is 31.7 Å². The molecule has 2 nitrogen and oxygen atoms in total. The molecule has 4 atom stereocenters. The molecule has 1 saturated heterocycles. The van der Waals surface area contributed by atoms with Gasteiger partial charge in [0.2, 0.25) is 0 Å². The maximum Gasteiger partial charge on any atom is 0.0246 e. The molecule has 1 fully saturated rings. The molecule has 0 aromatic carbocycles. The highest BCUT2D eigenvalue weighted by Gasteiger charge is 2.30. The highest BCUT2D eigenvalue weighted by Crippen LogP contribution is 2.22. The minimum Gasteiger partial charge on any atom is -0.311 e. The Morgan fingerprint density at radius 1 is 1.21 bits per heavy atom. The first-order valence-corrected chi connectivity index (χ1v) is 8.59. The van der Waals surface area contributed by atoms with Crippen molar-refractivity contribution in [1.82, 2.24) is 10.2 Å². The van der Waals surface area contributed by atoms with Crippen LogP contribution in [0.3, 0.4) is 0 Å². The molecular formula is C17H36N2. The Bertz CT molecular complexity index is 229. The maximum absolute atomic E-state index is 3.67. The predicted molar refractivity (Wildman–Crippen MR) is 85.6 cm³/mol. The summed E-state index contributed by atoms with van der Waals surface area (Å²) < 4.78 is 0. The number of hydrogen-bond acceptors (Lipinski definition) is 2. The third-order valence-corrected chi connectivity index (χ3v) is 4.99. The molecule has 1 rings (SSSR count). The van der Waals surface area contributed by atoms with E-state index >= 15 is 0 Å². The van der Waals surface area contributed by atoms with Crippen LogP contribution in [0.4, 0.5) is 0 Å². The lowest BCUT2D eigenvalue weighted by Gasteiger charge is -2.43. The molecule has 4 unspecified atom stereocenters. The van der Waals surface area contributed by atoms with Crippen molar-refractivity contribution in [3.63, 3.8) is 0 Å². The number of nitrogens with zero attached hydrogens (tertiary/aromatic N) is 1. The number of rotatable bonds is 8. The van der Waals surface area contributed by atoms with Crippen LogP contribution in [0.15, 0.2) is 0 Å². The fraction of sp³-hybridized carbons (Fsp3) is 1.00. The second-order valence-corrected chi connectivity index (χ2v) is 6.63. The molecule has 1 aliphatic heterocycles. The van der Waals surface area contributed by atoms with Crippen LogP contribution in [0.5, 0.6) is 0 Å². The Labute approximate surface area is 121 Å². The zero-order valence-corrected chi connectivity index (χ0v) is 13.9. The summed E-state index contributed by atoms with van der Waals surface area (Å²) in [4.78, 5) is 2.79. The van der Waals surface area contributed by atoms with E-state index in [-0.39, 0.29) is 0 Å². The van der Waals surface area contributed by atoms with E-state index in [9.17, 15) is 0 Å². The molecular weight excluding hydrogens is 232 g/mol. The normalized spacial score (nSPS) is 28.3. The van der Waals surface area contributed by atoms with Gasteiger partial charge >= 0.3 is 0 Å². The quantitative estimate of drug-likeness (QED) is 0.718. The minimum absolute atomic E-state index is 0.656. The standard InChI is InChI=1S/C17H36N2/c1-6-9-10-16(8-3)13-19-12-15(5)18-11-17(19)14(4)7-2/h14-18H,6-13H2,1-5H3. The lowest BCUT2D eigenvalue weighted by Crippen LogP contribution is -2.58. The lowest BCUT2D eigenvalue weighted by atomic mass is 9.91. The van der Waals surface area contributed by atoms with Crippen LogP contribution in [0, 0.1) is 11.8 Å². The van der Waals surface area contributed by atoms with Gasteiger partial charge in [0.05, 0.1) is 0 Å². The molecule has 0 aromatic heterocycles. The van der Waals surface area contributed by atoms with Gasteiger partial charge in [-0.15, -0.1) is 0 Å². The van der Waals surface area contributed by atoms with Crippen LogP contribution < -0.4 is 5.32 Å². The van der Waals surface area contributed by atoms with E-state index < -0.39 is 0 Å². The van der Waals surface area contributed by atoms with Crippen LogP contribution in [0.25, 0.3) is 0 Å². The molecule has 1 aliphatic rings. The van der Waals surface area contributed by atoms with Crippen molar-refractivity contribution in [2.75, 3.05) is 19.6 Å². The van der Waals surface area contributed by atoms with E-state index in [4.69, 9.17) is 0 Å². The van der Waals surface area contributed by atoms with Gasteiger partial charge in [-0.25, -0.2) is 0 Å². The molecule has 0 amide bonds. The van der Waals surface area contributed by atoms with E-state index in [0.29, 0.717) is 6.04 Å². The summed E-state index contributed by atoms with van der Waals surface area (Å²) in [6, 6.07) is 1.40. The van der Waals surface area contributed by atoms with Crippen molar-refractivity contribution in [2.24, 2.45) is 11.8 Å². The van der Waals surface area contributed by atoms with Gasteiger partial charge in [-0.1, -0.05) is 53.4 Å². The van der Waals surface area contributed by atoms with Crippen LogP contribution in [0.2, 0.25) is 0 Å². The predicted octanol–water partition coefficient (Wildman–Crippen LogP) is 3.91. The van der Waals surface area contributed by atoms with E-state index in [0.717, 1.165) is 17.9 Å². The molecule has 0 saturated carbocycles. The van der Waals surface area contributed by atoms with Gasteiger partial charge in [0.15, 0.2) is 0 Å². The second kappa shape index (κ2) is 8.97. The Kier molecular flexibility index (Phi) is 8.01. The summed E-state index contributed by atoms with van der Waals surface area (Å²) in [5.41, 5.74) is 0. The largest absolute Gasteiger partial charge is 0.311 e. The van der Waals surface area contributed by atoms with E-state index in [1.165, 1.54) is 51.7 Å². The second-order valence-electron chi connectivity index (χ2n) is 6.63. The molecule has 19 heavy (non-hydrogen) atoms. The van der Waals surface area contributed by atoms with Gasteiger partial charge in [-0.3, -0.25) is 4.90 Å². The van der Waals surface area contributed by atoms with Crippen LogP contribution in [-0.2, 0) is 0 Å². The van der Waals surface area contributed by atoms with Gasteiger partial charge < -0.3 is 5.32 Å². The fourth-order valence-electron chi connectivity index (χ4n) is 3.29. The maximum atomic E-state index is 3.67. The third kappa shape index (κ3) is 5.43. The fourth-order valence-corrected chi connectivity index (χ4v) is 3.29. The van der Waals surface area contributed by atoms with E-state index in [1.54, 1.807) is 0 Å². The van der Waals surface area contributed by atoms with Crippen molar-refractivity contribution < 1.29 is 0 Å². The molecule has 2 heteroatoms. The average molecular weight is 268 g/mol. The molecule has 0 spiro atoms. The average Bonchev–Trinajstić information content (AvgIpc) is 2.42. The SMILES string of the molecule is CCCCC(CC)CN1CC(C)NCC1C(C)CC. The van der Waals surface area contributed by atoms with Crippen molar-refractivity contribution in [1.29, 1.82) is 0 Å². The van der Waals surface area contributed by atoms with Gasteiger partial charge in [0.1, 0.15) is 0 Å². The van der Waals surface area contributed by atoms with Gasteiger partial charge in [-0.05, 0) is 25.2 Å². The Hall–Kier alpha value is -0.0800. The Morgan fingerprint density at radius 3 is 2.53 bits per heavy atom. The molecule has 1 N–H and O–H groups in total. The zero-order chi connectivity index (χ0) is 14.3. The van der Waals surface area contributed by atoms with Crippen LogP contribution in [0.1, 0.15) is 66.7 Å². The number of piperazine rings is 1. The van der Waals surface area contributed by atoms with E-state index in [2.05, 4.69) is 44.8 Å². The summed E-state index contributed by atoms with van der Waals surface area (Å²) in [6.45, 7) is 15.5. The zero-order valence-electron chi connectivity index (χ0n) is 13.9. The summed E-state index contributed by atoms with van der Waals surface area (Å²) in [5.74, 6) is 1.71. The first-order valence-electron chi connectivity index (χ1n) is 8.59. The van der Waals surface area contributed by atoms with Gasteiger partial charge in [0.25, 0.3) is 0 Å². The van der Waals surface area contributed by atoms with Crippen LogP contribution >= 0.6 is 0 Å². The first kappa shape index (κ1) is 17.0.